The Bertz CT molecular complexity index is 466. The summed E-state index contributed by atoms with van der Waals surface area (Å²) in [6.07, 6.45) is 5.32. The normalized spacial score (nSPS) is 28.1. The zero-order valence-corrected chi connectivity index (χ0v) is 12.4. The molecule has 0 spiro atoms. The minimum Gasteiger partial charge on any atom is -0.388 e. The van der Waals surface area contributed by atoms with Crippen molar-refractivity contribution >= 4 is 0 Å². The molecule has 1 N–H and O–H groups in total. The van der Waals surface area contributed by atoms with Gasteiger partial charge in [0.15, 0.2) is 0 Å². The molecule has 3 rings (SSSR count). The van der Waals surface area contributed by atoms with Gasteiger partial charge in [-0.2, -0.15) is 0 Å². The van der Waals surface area contributed by atoms with Crippen molar-refractivity contribution in [2.45, 2.75) is 50.4 Å². The molecule has 0 amide bonds. The van der Waals surface area contributed by atoms with E-state index in [9.17, 15) is 9.50 Å². The van der Waals surface area contributed by atoms with Crippen molar-refractivity contribution < 1.29 is 14.2 Å². The van der Waals surface area contributed by atoms with Gasteiger partial charge in [0, 0.05) is 19.1 Å². The summed E-state index contributed by atoms with van der Waals surface area (Å²) in [6.45, 7) is 2.58. The molecule has 3 nitrogen and oxygen atoms in total. The molecule has 21 heavy (non-hydrogen) atoms. The Balaban J connectivity index is 1.56. The molecule has 1 aliphatic heterocycles. The van der Waals surface area contributed by atoms with Crippen LogP contribution in [0.2, 0.25) is 0 Å². The minimum atomic E-state index is -0.592. The molecule has 1 aliphatic carbocycles. The predicted molar refractivity (Wildman–Crippen MR) is 79.5 cm³/mol. The van der Waals surface area contributed by atoms with Gasteiger partial charge in [0.1, 0.15) is 5.82 Å². The molecule has 2 aliphatic rings. The van der Waals surface area contributed by atoms with E-state index in [0.29, 0.717) is 24.1 Å². The highest BCUT2D eigenvalue weighted by atomic mass is 19.1. The maximum absolute atomic E-state index is 13.2. The summed E-state index contributed by atoms with van der Waals surface area (Å²) >= 11 is 0. The van der Waals surface area contributed by atoms with Crippen LogP contribution in [-0.4, -0.2) is 41.8 Å². The van der Waals surface area contributed by atoms with E-state index in [1.165, 1.54) is 31.4 Å². The fourth-order valence-electron chi connectivity index (χ4n) is 3.62. The first-order valence-corrected chi connectivity index (χ1v) is 8.03. The third kappa shape index (κ3) is 3.62. The van der Waals surface area contributed by atoms with Crippen LogP contribution >= 0.6 is 0 Å². The van der Waals surface area contributed by atoms with Crippen molar-refractivity contribution in [3.05, 3.63) is 35.6 Å². The van der Waals surface area contributed by atoms with Gasteiger partial charge in [0.2, 0.25) is 0 Å². The molecule has 2 fully saturated rings. The number of rotatable bonds is 4. The number of halogens is 1. The zero-order valence-electron chi connectivity index (χ0n) is 12.4. The highest BCUT2D eigenvalue weighted by molar-refractivity contribution is 5.18. The second kappa shape index (κ2) is 6.86. The molecule has 1 saturated carbocycles. The van der Waals surface area contributed by atoms with Gasteiger partial charge in [-0.15, -0.1) is 0 Å². The molecule has 4 heteroatoms. The van der Waals surface area contributed by atoms with Crippen molar-refractivity contribution in [2.75, 3.05) is 19.7 Å². The molecule has 116 valence electrons. The number of benzene rings is 1. The molecule has 1 heterocycles. The molecule has 1 aromatic rings. The maximum Gasteiger partial charge on any atom is 0.123 e. The van der Waals surface area contributed by atoms with E-state index in [1.54, 1.807) is 12.1 Å². The van der Waals surface area contributed by atoms with Crippen LogP contribution < -0.4 is 0 Å². The molecule has 3 atom stereocenters. The number of hydrogen-bond donors (Lipinski definition) is 1. The topological polar surface area (TPSA) is 32.7 Å². The number of ether oxygens (including phenoxy) is 1. The third-order valence-corrected chi connectivity index (χ3v) is 4.77. The Labute approximate surface area is 125 Å². The van der Waals surface area contributed by atoms with E-state index in [1.807, 2.05) is 0 Å². The van der Waals surface area contributed by atoms with Crippen LogP contribution in [0, 0.1) is 5.82 Å². The number of morpholine rings is 1. The summed E-state index contributed by atoms with van der Waals surface area (Å²) < 4.78 is 19.1. The zero-order chi connectivity index (χ0) is 14.7. The van der Waals surface area contributed by atoms with Crippen LogP contribution in [-0.2, 0) is 4.74 Å². The van der Waals surface area contributed by atoms with Gasteiger partial charge in [0.05, 0.1) is 18.8 Å². The van der Waals surface area contributed by atoms with Gasteiger partial charge in [-0.3, -0.25) is 4.90 Å². The van der Waals surface area contributed by atoms with Gasteiger partial charge in [-0.05, 0) is 37.0 Å². The van der Waals surface area contributed by atoms with E-state index in [0.717, 1.165) is 26.1 Å². The third-order valence-electron chi connectivity index (χ3n) is 4.77. The average Bonchev–Trinajstić information content (AvgIpc) is 2.52. The lowest BCUT2D eigenvalue weighted by molar-refractivity contribution is -0.0904. The molecular formula is C17H24FNO2. The van der Waals surface area contributed by atoms with E-state index < -0.39 is 6.10 Å². The van der Waals surface area contributed by atoms with Crippen molar-refractivity contribution in [3.63, 3.8) is 0 Å². The first-order valence-electron chi connectivity index (χ1n) is 8.03. The molecule has 0 bridgehead atoms. The largest absolute Gasteiger partial charge is 0.388 e. The smallest absolute Gasteiger partial charge is 0.123 e. The van der Waals surface area contributed by atoms with Crippen LogP contribution in [0.3, 0.4) is 0 Å². The number of aliphatic hydroxyl groups is 1. The highest BCUT2D eigenvalue weighted by Crippen LogP contribution is 2.29. The summed E-state index contributed by atoms with van der Waals surface area (Å²) in [7, 11) is 0. The molecule has 0 aromatic heterocycles. The first-order chi connectivity index (χ1) is 10.2. The van der Waals surface area contributed by atoms with Crippen molar-refractivity contribution in [1.29, 1.82) is 0 Å². The van der Waals surface area contributed by atoms with Gasteiger partial charge >= 0.3 is 0 Å². The molecule has 3 unspecified atom stereocenters. The van der Waals surface area contributed by atoms with Crippen LogP contribution in [0.15, 0.2) is 24.3 Å². The average molecular weight is 293 g/mol. The van der Waals surface area contributed by atoms with E-state index in [2.05, 4.69) is 4.90 Å². The monoisotopic (exact) mass is 293 g/mol. The van der Waals surface area contributed by atoms with E-state index in [-0.39, 0.29) is 5.82 Å². The summed E-state index contributed by atoms with van der Waals surface area (Å²) in [5.41, 5.74) is 0.670. The van der Waals surface area contributed by atoms with Crippen molar-refractivity contribution in [3.8, 4) is 0 Å². The Hall–Kier alpha value is -0.970. The second-order valence-electron chi connectivity index (χ2n) is 6.16. The fraction of sp³-hybridized carbons (Fsp3) is 0.647. The molecule has 1 saturated heterocycles. The van der Waals surface area contributed by atoms with Crippen molar-refractivity contribution in [1.82, 2.24) is 4.90 Å². The van der Waals surface area contributed by atoms with E-state index in [4.69, 9.17) is 4.74 Å². The lowest BCUT2D eigenvalue weighted by atomic mass is 9.90. The number of aliphatic hydroxyl groups excluding tert-OH is 1. The Morgan fingerprint density at radius 2 is 2.19 bits per heavy atom. The van der Waals surface area contributed by atoms with Crippen molar-refractivity contribution in [2.24, 2.45) is 0 Å². The maximum atomic E-state index is 13.2. The Morgan fingerprint density at radius 1 is 1.33 bits per heavy atom. The lowest BCUT2D eigenvalue weighted by Gasteiger charge is -2.44. The SMILES string of the molecule is OC(CCN1CCOC2CCCCC21)c1cccc(F)c1. The minimum absolute atomic E-state index is 0.287. The summed E-state index contributed by atoms with van der Waals surface area (Å²) in [4.78, 5) is 2.45. The van der Waals surface area contributed by atoms with Crippen LogP contribution in [0.5, 0.6) is 0 Å². The van der Waals surface area contributed by atoms with Crippen LogP contribution in [0.25, 0.3) is 0 Å². The molecular weight excluding hydrogens is 269 g/mol. The highest BCUT2D eigenvalue weighted by Gasteiger charge is 2.33. The number of fused-ring (bicyclic) bond motifs is 1. The molecule has 1 aromatic carbocycles. The van der Waals surface area contributed by atoms with Gasteiger partial charge in [0.25, 0.3) is 0 Å². The van der Waals surface area contributed by atoms with Crippen LogP contribution in [0.4, 0.5) is 4.39 Å². The lowest BCUT2D eigenvalue weighted by Crippen LogP contribution is -2.52. The standard InChI is InChI=1S/C17H24FNO2/c18-14-5-3-4-13(12-14)16(20)8-9-19-10-11-21-17-7-2-1-6-15(17)19/h3-5,12,15-17,20H,1-2,6-11H2. The van der Waals surface area contributed by atoms with Gasteiger partial charge in [-0.25, -0.2) is 4.39 Å². The second-order valence-corrected chi connectivity index (χ2v) is 6.16. The van der Waals surface area contributed by atoms with Gasteiger partial charge in [-0.1, -0.05) is 25.0 Å². The Morgan fingerprint density at radius 3 is 3.05 bits per heavy atom. The molecule has 0 radical (unpaired) electrons. The summed E-state index contributed by atoms with van der Waals surface area (Å²) in [5.74, 6) is -0.287. The van der Waals surface area contributed by atoms with Crippen LogP contribution in [0.1, 0.15) is 43.8 Å². The van der Waals surface area contributed by atoms with E-state index >= 15 is 0 Å². The quantitative estimate of drug-likeness (QED) is 0.926. The fourth-order valence-corrected chi connectivity index (χ4v) is 3.62. The number of nitrogens with zero attached hydrogens (tertiary/aromatic N) is 1. The summed E-state index contributed by atoms with van der Waals surface area (Å²) in [5, 5.41) is 10.2. The van der Waals surface area contributed by atoms with Gasteiger partial charge < -0.3 is 9.84 Å². The predicted octanol–water partition coefficient (Wildman–Crippen LogP) is 2.89. The number of hydrogen-bond acceptors (Lipinski definition) is 3. The first kappa shape index (κ1) is 14.9. The Kier molecular flexibility index (Phi) is 4.88. The summed E-state index contributed by atoms with van der Waals surface area (Å²) in [6, 6.07) is 6.78.